The second kappa shape index (κ2) is 8.48. The van der Waals surface area contributed by atoms with Gasteiger partial charge < -0.3 is 20.0 Å². The summed E-state index contributed by atoms with van der Waals surface area (Å²) in [5.74, 6) is 1.30. The lowest BCUT2D eigenvalue weighted by Gasteiger charge is -2.35. The third kappa shape index (κ3) is 4.72. The van der Waals surface area contributed by atoms with Gasteiger partial charge in [0, 0.05) is 45.8 Å². The number of hydrogen-bond donors (Lipinski definition) is 1. The predicted molar refractivity (Wildman–Crippen MR) is 104 cm³/mol. The van der Waals surface area contributed by atoms with E-state index in [4.69, 9.17) is 0 Å². The molecule has 0 spiro atoms. The van der Waals surface area contributed by atoms with Gasteiger partial charge in [-0.1, -0.05) is 18.2 Å². The molecule has 0 radical (unpaired) electrons. The first kappa shape index (κ1) is 18.6. The Balaban J connectivity index is 1.47. The minimum absolute atomic E-state index is 0.00502. The Morgan fingerprint density at radius 1 is 1.00 bits per heavy atom. The highest BCUT2D eigenvalue weighted by molar-refractivity contribution is 5.96. The van der Waals surface area contributed by atoms with Crippen molar-refractivity contribution in [2.45, 2.75) is 0 Å². The van der Waals surface area contributed by atoms with Crippen LogP contribution in [0.25, 0.3) is 0 Å². The topological polar surface area (TPSA) is 81.7 Å². The summed E-state index contributed by atoms with van der Waals surface area (Å²) >= 11 is 0. The van der Waals surface area contributed by atoms with Crippen molar-refractivity contribution < 1.29 is 9.59 Å². The summed E-state index contributed by atoms with van der Waals surface area (Å²) in [6, 6.07) is 12.8. The first-order chi connectivity index (χ1) is 13.0. The molecule has 1 saturated heterocycles. The molecular formula is C19H24N6O2. The zero-order valence-electron chi connectivity index (χ0n) is 15.6. The molecule has 8 heteroatoms. The van der Waals surface area contributed by atoms with Gasteiger partial charge in [-0.2, -0.15) is 0 Å². The number of hydrogen-bond acceptors (Lipinski definition) is 6. The van der Waals surface area contributed by atoms with Gasteiger partial charge in [-0.25, -0.2) is 0 Å². The lowest BCUT2D eigenvalue weighted by molar-refractivity contribution is -0.130. The van der Waals surface area contributed by atoms with Crippen LogP contribution in [0.2, 0.25) is 0 Å². The van der Waals surface area contributed by atoms with Gasteiger partial charge in [0.1, 0.15) is 0 Å². The molecule has 1 aromatic heterocycles. The number of nitrogens with zero attached hydrogens (tertiary/aromatic N) is 5. The summed E-state index contributed by atoms with van der Waals surface area (Å²) in [4.78, 5) is 30.2. The highest BCUT2D eigenvalue weighted by Gasteiger charge is 2.22. The molecule has 0 bridgehead atoms. The third-order valence-corrected chi connectivity index (χ3v) is 4.49. The molecule has 0 saturated carbocycles. The van der Waals surface area contributed by atoms with Crippen LogP contribution in [0.5, 0.6) is 0 Å². The normalized spacial score (nSPS) is 14.0. The fraction of sp³-hybridized carbons (Fsp3) is 0.368. The van der Waals surface area contributed by atoms with E-state index in [1.807, 2.05) is 37.2 Å². The molecule has 2 amide bonds. The maximum Gasteiger partial charge on any atom is 0.251 e. The molecule has 1 fully saturated rings. The quantitative estimate of drug-likeness (QED) is 0.833. The van der Waals surface area contributed by atoms with Crippen LogP contribution in [-0.2, 0) is 4.79 Å². The van der Waals surface area contributed by atoms with E-state index in [2.05, 4.69) is 20.4 Å². The molecule has 3 rings (SSSR count). The monoisotopic (exact) mass is 368 g/mol. The van der Waals surface area contributed by atoms with Gasteiger partial charge in [-0.15, -0.1) is 10.2 Å². The van der Waals surface area contributed by atoms with E-state index in [1.165, 1.54) is 0 Å². The summed E-state index contributed by atoms with van der Waals surface area (Å²) in [6.45, 7) is 2.57. The molecular weight excluding hydrogens is 344 g/mol. The summed E-state index contributed by atoms with van der Waals surface area (Å²) in [5, 5.41) is 11.1. The number of benzene rings is 1. The molecule has 1 aromatic carbocycles. The van der Waals surface area contributed by atoms with Gasteiger partial charge in [0.25, 0.3) is 5.91 Å². The number of carbonyl (C=O) groups excluding carboxylic acids is 2. The van der Waals surface area contributed by atoms with E-state index >= 15 is 0 Å². The van der Waals surface area contributed by atoms with Crippen LogP contribution in [0.15, 0.2) is 42.5 Å². The molecule has 0 aliphatic carbocycles. The van der Waals surface area contributed by atoms with E-state index in [9.17, 15) is 9.59 Å². The van der Waals surface area contributed by atoms with Gasteiger partial charge in [0.15, 0.2) is 11.6 Å². The third-order valence-electron chi connectivity index (χ3n) is 4.49. The Hall–Kier alpha value is -3.16. The number of nitrogens with one attached hydrogen (secondary N) is 1. The Morgan fingerprint density at radius 3 is 2.30 bits per heavy atom. The maximum atomic E-state index is 12.4. The Kier molecular flexibility index (Phi) is 5.85. The van der Waals surface area contributed by atoms with Crippen LogP contribution in [-0.4, -0.2) is 73.7 Å². The van der Waals surface area contributed by atoms with E-state index in [-0.39, 0.29) is 18.4 Å². The number of carbonyl (C=O) groups is 2. The molecule has 8 nitrogen and oxygen atoms in total. The van der Waals surface area contributed by atoms with Gasteiger partial charge in [0.2, 0.25) is 5.91 Å². The maximum absolute atomic E-state index is 12.4. The van der Waals surface area contributed by atoms with Gasteiger partial charge in [-0.3, -0.25) is 9.59 Å². The largest absolute Gasteiger partial charge is 0.361 e. The van der Waals surface area contributed by atoms with Crippen molar-refractivity contribution in [2.24, 2.45) is 0 Å². The SMILES string of the molecule is CN(C)c1ccc(N2CCN(C(=O)CNC(=O)c3ccccc3)CC2)nn1. The fourth-order valence-electron chi connectivity index (χ4n) is 2.87. The molecule has 0 atom stereocenters. The molecule has 27 heavy (non-hydrogen) atoms. The number of piperazine rings is 1. The van der Waals surface area contributed by atoms with Gasteiger partial charge in [-0.05, 0) is 24.3 Å². The Labute approximate surface area is 158 Å². The Morgan fingerprint density at radius 2 is 1.70 bits per heavy atom. The molecule has 142 valence electrons. The number of aromatic nitrogens is 2. The molecule has 2 aromatic rings. The standard InChI is InChI=1S/C19H24N6O2/c1-23(2)16-8-9-17(22-21-16)24-10-12-25(13-11-24)18(26)14-20-19(27)15-6-4-3-5-7-15/h3-9H,10-14H2,1-2H3,(H,20,27). The van der Waals surface area contributed by atoms with E-state index in [0.29, 0.717) is 31.7 Å². The van der Waals surface area contributed by atoms with Crippen molar-refractivity contribution >= 4 is 23.5 Å². The van der Waals surface area contributed by atoms with Crippen molar-refractivity contribution in [3.05, 3.63) is 48.0 Å². The summed E-state index contributed by atoms with van der Waals surface area (Å²) in [7, 11) is 3.84. The highest BCUT2D eigenvalue weighted by Crippen LogP contribution is 2.15. The van der Waals surface area contributed by atoms with E-state index in [0.717, 1.165) is 11.6 Å². The zero-order valence-corrected chi connectivity index (χ0v) is 15.6. The molecule has 1 aliphatic heterocycles. The summed E-state index contributed by atoms with van der Waals surface area (Å²) < 4.78 is 0. The van der Waals surface area contributed by atoms with Crippen LogP contribution in [0.4, 0.5) is 11.6 Å². The molecule has 2 heterocycles. The van der Waals surface area contributed by atoms with Crippen molar-refractivity contribution in [1.82, 2.24) is 20.4 Å². The highest BCUT2D eigenvalue weighted by atomic mass is 16.2. The average molecular weight is 368 g/mol. The predicted octanol–water partition coefficient (Wildman–Crippen LogP) is 0.621. The average Bonchev–Trinajstić information content (AvgIpc) is 2.72. The smallest absolute Gasteiger partial charge is 0.251 e. The van der Waals surface area contributed by atoms with Crippen molar-refractivity contribution in [3.63, 3.8) is 0 Å². The first-order valence-corrected chi connectivity index (χ1v) is 8.91. The van der Waals surface area contributed by atoms with Crippen LogP contribution in [0.3, 0.4) is 0 Å². The molecule has 1 N–H and O–H groups in total. The van der Waals surface area contributed by atoms with Crippen LogP contribution in [0.1, 0.15) is 10.4 Å². The number of amides is 2. The lowest BCUT2D eigenvalue weighted by atomic mass is 10.2. The summed E-state index contributed by atoms with van der Waals surface area (Å²) in [5.41, 5.74) is 0.551. The number of anilines is 2. The summed E-state index contributed by atoms with van der Waals surface area (Å²) in [6.07, 6.45) is 0. The van der Waals surface area contributed by atoms with E-state index in [1.54, 1.807) is 29.2 Å². The van der Waals surface area contributed by atoms with Crippen molar-refractivity contribution in [3.8, 4) is 0 Å². The van der Waals surface area contributed by atoms with Crippen molar-refractivity contribution in [1.29, 1.82) is 0 Å². The van der Waals surface area contributed by atoms with E-state index < -0.39 is 0 Å². The van der Waals surface area contributed by atoms with Crippen LogP contribution >= 0.6 is 0 Å². The van der Waals surface area contributed by atoms with Gasteiger partial charge >= 0.3 is 0 Å². The number of rotatable bonds is 5. The second-order valence-corrected chi connectivity index (χ2v) is 6.56. The first-order valence-electron chi connectivity index (χ1n) is 8.91. The minimum atomic E-state index is -0.237. The Bertz CT molecular complexity index is 771. The van der Waals surface area contributed by atoms with Crippen LogP contribution < -0.4 is 15.1 Å². The molecule has 1 aliphatic rings. The molecule has 0 unspecified atom stereocenters. The zero-order chi connectivity index (χ0) is 19.2. The minimum Gasteiger partial charge on any atom is -0.361 e. The van der Waals surface area contributed by atoms with Crippen LogP contribution in [0, 0.1) is 0 Å². The lowest BCUT2D eigenvalue weighted by Crippen LogP contribution is -2.51. The fourth-order valence-corrected chi connectivity index (χ4v) is 2.87. The van der Waals surface area contributed by atoms with Gasteiger partial charge in [0.05, 0.1) is 6.54 Å². The van der Waals surface area contributed by atoms with Crippen molar-refractivity contribution in [2.75, 3.05) is 56.6 Å². The second-order valence-electron chi connectivity index (χ2n) is 6.56.